The predicted molar refractivity (Wildman–Crippen MR) is 133 cm³/mol. The van der Waals surface area contributed by atoms with Crippen molar-refractivity contribution in [2.45, 2.75) is 19.5 Å². The highest BCUT2D eigenvalue weighted by Gasteiger charge is 2.38. The largest absolute Gasteiger partial charge is 0.465 e. The molecule has 3 aromatic carbocycles. The van der Waals surface area contributed by atoms with E-state index in [0.717, 1.165) is 16.7 Å². The Bertz CT molecular complexity index is 1360. The van der Waals surface area contributed by atoms with Gasteiger partial charge in [0.25, 0.3) is 0 Å². The molecule has 1 N–H and O–H groups in total. The molecule has 0 radical (unpaired) electrons. The molecule has 0 bridgehead atoms. The summed E-state index contributed by atoms with van der Waals surface area (Å²) in [6.45, 7) is 1.72. The van der Waals surface area contributed by atoms with Crippen LogP contribution in [0.1, 0.15) is 33.2 Å². The Labute approximate surface area is 206 Å². The second-order valence-corrected chi connectivity index (χ2v) is 8.95. The topological polar surface area (TPSA) is 50.8 Å². The van der Waals surface area contributed by atoms with E-state index in [2.05, 4.69) is 5.32 Å². The Morgan fingerprint density at radius 2 is 1.94 bits per heavy atom. The van der Waals surface area contributed by atoms with Gasteiger partial charge in [0.15, 0.2) is 0 Å². The summed E-state index contributed by atoms with van der Waals surface area (Å²) in [6, 6.07) is 17.5. The summed E-state index contributed by atoms with van der Waals surface area (Å²) in [5.41, 5.74) is 4.09. The number of carbonyl (C=O) groups excluding carboxylic acids is 1. The summed E-state index contributed by atoms with van der Waals surface area (Å²) in [6.07, 6.45) is 0.0320. The molecule has 2 aliphatic heterocycles. The monoisotopic (exact) mass is 494 g/mol. The molecule has 5 nitrogen and oxygen atoms in total. The van der Waals surface area contributed by atoms with Gasteiger partial charge in [0, 0.05) is 22.7 Å². The van der Waals surface area contributed by atoms with Crippen LogP contribution in [0.25, 0.3) is 0 Å². The van der Waals surface area contributed by atoms with Crippen molar-refractivity contribution in [1.29, 1.82) is 0 Å². The van der Waals surface area contributed by atoms with Crippen LogP contribution in [0.2, 0.25) is 5.02 Å². The highest BCUT2D eigenvalue weighted by molar-refractivity contribution is 7.80. The molecule has 1 atom stereocenters. The first kappa shape index (κ1) is 22.4. The zero-order chi connectivity index (χ0) is 24.0. The maximum atomic E-state index is 14.6. The summed E-state index contributed by atoms with van der Waals surface area (Å²) in [4.78, 5) is 14.3. The molecule has 0 fully saturated rings. The minimum Gasteiger partial charge on any atom is -0.465 e. The van der Waals surface area contributed by atoms with E-state index in [9.17, 15) is 9.18 Å². The van der Waals surface area contributed by atoms with Crippen molar-refractivity contribution in [3.63, 3.8) is 0 Å². The molecular formula is C26H20ClFN2O3S. The first-order chi connectivity index (χ1) is 16.4. The van der Waals surface area contributed by atoms with E-state index in [0.29, 0.717) is 44.9 Å². The first-order valence-electron chi connectivity index (χ1n) is 10.6. The second-order valence-electron chi connectivity index (χ2n) is 8.11. The van der Waals surface area contributed by atoms with Gasteiger partial charge >= 0.3 is 5.97 Å². The van der Waals surface area contributed by atoms with Crippen molar-refractivity contribution in [2.24, 2.45) is 0 Å². The number of ether oxygens (including phenoxy) is 2. The predicted octanol–water partition coefficient (Wildman–Crippen LogP) is 5.86. The van der Waals surface area contributed by atoms with Crippen LogP contribution in [0.3, 0.4) is 0 Å². The first-order valence-corrected chi connectivity index (χ1v) is 11.4. The van der Waals surface area contributed by atoms with Gasteiger partial charge in [0.05, 0.1) is 18.2 Å². The van der Waals surface area contributed by atoms with Crippen LogP contribution in [0, 0.1) is 12.7 Å². The Morgan fingerprint density at radius 3 is 2.65 bits per heavy atom. The molecule has 34 heavy (non-hydrogen) atoms. The van der Waals surface area contributed by atoms with E-state index in [1.807, 2.05) is 35.2 Å². The lowest BCUT2D eigenvalue weighted by atomic mass is 9.98. The number of hydrogen-bond donors (Lipinski definition) is 1. The number of nitrogens with zero attached hydrogens (tertiary/aromatic N) is 1. The lowest BCUT2D eigenvalue weighted by molar-refractivity contribution is 0.0600. The number of anilines is 1. The number of thiocarbonyl (C=S) groups is 1. The van der Waals surface area contributed by atoms with Crippen molar-refractivity contribution >= 4 is 40.5 Å². The molecule has 8 heteroatoms. The maximum absolute atomic E-state index is 14.6. The van der Waals surface area contributed by atoms with Crippen molar-refractivity contribution in [3.8, 4) is 5.75 Å². The standard InChI is InChI=1S/C26H20ClFN2O3S/c1-14-3-9-19(13-21(14)28)30-23(15-4-6-16(7-5-15)26(31)32-2)29-24(34)20-12-17-11-18(27)8-10-22(17)33-25(20)30/h3-11,13,23H,12H2,1-2H3,(H,29,34). The number of halogens is 2. The third kappa shape index (κ3) is 3.91. The van der Waals surface area contributed by atoms with Crippen molar-refractivity contribution in [2.75, 3.05) is 12.0 Å². The molecule has 0 saturated heterocycles. The minimum atomic E-state index is -0.492. The lowest BCUT2D eigenvalue weighted by Gasteiger charge is -2.42. The van der Waals surface area contributed by atoms with E-state index in [1.165, 1.54) is 13.2 Å². The number of esters is 1. The highest BCUT2D eigenvalue weighted by Crippen LogP contribution is 2.41. The van der Waals surface area contributed by atoms with Crippen LogP contribution in [-0.4, -0.2) is 18.1 Å². The number of methoxy groups -OCH3 is 1. The molecular weight excluding hydrogens is 475 g/mol. The number of aryl methyl sites for hydroxylation is 1. The van der Waals surface area contributed by atoms with Gasteiger partial charge in [-0.3, -0.25) is 4.90 Å². The molecule has 0 aliphatic carbocycles. The van der Waals surface area contributed by atoms with Gasteiger partial charge < -0.3 is 14.8 Å². The fourth-order valence-corrected chi connectivity index (χ4v) is 4.60. The van der Waals surface area contributed by atoms with Crippen LogP contribution >= 0.6 is 23.8 Å². The summed E-state index contributed by atoms with van der Waals surface area (Å²) in [5, 5.41) is 3.98. The smallest absolute Gasteiger partial charge is 0.337 e. The van der Waals surface area contributed by atoms with Crippen LogP contribution in [-0.2, 0) is 11.2 Å². The van der Waals surface area contributed by atoms with Gasteiger partial charge in [-0.05, 0) is 60.5 Å². The summed E-state index contributed by atoms with van der Waals surface area (Å²) in [7, 11) is 1.34. The second kappa shape index (κ2) is 8.74. The summed E-state index contributed by atoms with van der Waals surface area (Å²) < 4.78 is 25.8. The maximum Gasteiger partial charge on any atom is 0.337 e. The van der Waals surface area contributed by atoms with E-state index in [-0.39, 0.29) is 5.82 Å². The number of nitrogens with one attached hydrogen (secondary N) is 1. The fourth-order valence-electron chi connectivity index (χ4n) is 4.13. The molecule has 0 saturated carbocycles. The summed E-state index contributed by atoms with van der Waals surface area (Å²) >= 11 is 11.9. The fraction of sp³-hybridized carbons (Fsp3) is 0.154. The zero-order valence-corrected chi connectivity index (χ0v) is 20.0. The molecule has 2 heterocycles. The quantitative estimate of drug-likeness (QED) is 0.364. The van der Waals surface area contributed by atoms with E-state index in [4.69, 9.17) is 33.3 Å². The molecule has 3 aromatic rings. The van der Waals surface area contributed by atoms with E-state index < -0.39 is 12.1 Å². The van der Waals surface area contributed by atoms with Crippen LogP contribution in [0.15, 0.2) is 72.1 Å². The third-order valence-corrected chi connectivity index (χ3v) is 6.55. The average Bonchev–Trinajstić information content (AvgIpc) is 2.84. The van der Waals surface area contributed by atoms with Crippen LogP contribution < -0.4 is 15.0 Å². The summed E-state index contributed by atoms with van der Waals surface area (Å²) in [5.74, 6) is 0.455. The van der Waals surface area contributed by atoms with Gasteiger partial charge in [-0.15, -0.1) is 0 Å². The molecule has 172 valence electrons. The molecule has 0 amide bonds. The Kier molecular flexibility index (Phi) is 5.75. The highest BCUT2D eigenvalue weighted by atomic mass is 35.5. The molecule has 1 unspecified atom stereocenters. The minimum absolute atomic E-state index is 0.324. The van der Waals surface area contributed by atoms with Gasteiger partial charge in [0.2, 0.25) is 5.88 Å². The normalized spacial score (nSPS) is 16.9. The average molecular weight is 495 g/mol. The Balaban J connectivity index is 1.63. The van der Waals surface area contributed by atoms with E-state index >= 15 is 0 Å². The van der Waals surface area contributed by atoms with Crippen molar-refractivity contribution in [1.82, 2.24) is 5.32 Å². The van der Waals surface area contributed by atoms with Gasteiger partial charge in [-0.25, -0.2) is 9.18 Å². The number of hydrogen-bond acceptors (Lipinski definition) is 5. The molecule has 0 aromatic heterocycles. The zero-order valence-electron chi connectivity index (χ0n) is 18.4. The number of carbonyl (C=O) groups is 1. The van der Waals surface area contributed by atoms with E-state index in [1.54, 1.807) is 31.2 Å². The Hall–Kier alpha value is -3.42. The van der Waals surface area contributed by atoms with Crippen molar-refractivity contribution in [3.05, 3.63) is 105 Å². The number of benzene rings is 3. The molecule has 0 spiro atoms. The molecule has 2 aliphatic rings. The lowest BCUT2D eigenvalue weighted by Crippen LogP contribution is -2.49. The van der Waals surface area contributed by atoms with Gasteiger partial charge in [-0.1, -0.05) is 42.0 Å². The number of fused-ring (bicyclic) bond motifs is 1. The number of rotatable bonds is 3. The van der Waals surface area contributed by atoms with Crippen LogP contribution in [0.4, 0.5) is 10.1 Å². The van der Waals surface area contributed by atoms with Gasteiger partial charge in [0.1, 0.15) is 22.7 Å². The van der Waals surface area contributed by atoms with Crippen molar-refractivity contribution < 1.29 is 18.7 Å². The van der Waals surface area contributed by atoms with Crippen LogP contribution in [0.5, 0.6) is 5.75 Å². The SMILES string of the molecule is COC(=O)c1ccc(C2NC(=S)C3=C(Oc4ccc(Cl)cc4C3)N2c2ccc(C)c(F)c2)cc1. The van der Waals surface area contributed by atoms with Gasteiger partial charge in [-0.2, -0.15) is 0 Å². The third-order valence-electron chi connectivity index (χ3n) is 5.95. The molecule has 5 rings (SSSR count). The Morgan fingerprint density at radius 1 is 1.18 bits per heavy atom.